The number of hydrogen-bond donors (Lipinski definition) is 2. The van der Waals surface area contributed by atoms with E-state index in [0.717, 1.165) is 26.2 Å². The first-order valence-electron chi connectivity index (χ1n) is 10.5. The average Bonchev–Trinajstić information content (AvgIpc) is 2.70. The summed E-state index contributed by atoms with van der Waals surface area (Å²) in [7, 11) is 2.04. The molecule has 0 atom stereocenters. The average molecular weight is 376 g/mol. The second-order valence-corrected chi connectivity index (χ2v) is 6.08. The largest absolute Gasteiger partial charge is 0.378 e. The minimum Gasteiger partial charge on any atom is -0.378 e. The number of carbonyl (C=O) groups is 1. The summed E-state index contributed by atoms with van der Waals surface area (Å²) in [6, 6.07) is 0.682. The summed E-state index contributed by atoms with van der Waals surface area (Å²) in [5.74, 6) is 0.100. The summed E-state index contributed by atoms with van der Waals surface area (Å²) in [5, 5.41) is 6.16. The Labute approximate surface area is 162 Å². The molecule has 158 valence electrons. The third kappa shape index (κ3) is 15.6. The van der Waals surface area contributed by atoms with Gasteiger partial charge in [0.2, 0.25) is 5.91 Å². The van der Waals surface area contributed by atoms with Crippen molar-refractivity contribution in [2.75, 3.05) is 59.7 Å². The smallest absolute Gasteiger partial charge is 0.222 e. The number of piperidine rings is 1. The molecule has 1 fully saturated rings. The molecule has 2 N–H and O–H groups in total. The van der Waals surface area contributed by atoms with Crippen molar-refractivity contribution >= 4 is 5.91 Å². The Kier molecular flexibility index (Phi) is 21.8. The molecular formula is C20H45N3O3. The number of rotatable bonds is 11. The fraction of sp³-hybridized carbons (Fsp3) is 0.950. The van der Waals surface area contributed by atoms with E-state index in [1.807, 2.05) is 48.6 Å². The molecule has 0 aromatic rings. The lowest BCUT2D eigenvalue weighted by molar-refractivity contribution is -0.124. The summed E-state index contributed by atoms with van der Waals surface area (Å²) in [6.45, 7) is 18.1. The minimum atomic E-state index is 0.0292. The van der Waals surface area contributed by atoms with Crippen molar-refractivity contribution in [3.63, 3.8) is 0 Å². The minimum absolute atomic E-state index is 0.0292. The van der Waals surface area contributed by atoms with Crippen LogP contribution in [-0.2, 0) is 14.3 Å². The highest BCUT2D eigenvalue weighted by atomic mass is 16.5. The fourth-order valence-electron chi connectivity index (χ4n) is 2.41. The van der Waals surface area contributed by atoms with Crippen molar-refractivity contribution in [2.45, 2.75) is 60.4 Å². The Bertz CT molecular complexity index is 294. The van der Waals surface area contributed by atoms with E-state index in [0.29, 0.717) is 32.4 Å². The topological polar surface area (TPSA) is 62.8 Å². The van der Waals surface area contributed by atoms with Crippen LogP contribution < -0.4 is 10.6 Å². The molecule has 0 aromatic carbocycles. The maximum Gasteiger partial charge on any atom is 0.222 e. The molecule has 26 heavy (non-hydrogen) atoms. The Morgan fingerprint density at radius 3 is 2.04 bits per heavy atom. The highest BCUT2D eigenvalue weighted by molar-refractivity contribution is 5.77. The summed E-state index contributed by atoms with van der Waals surface area (Å²) in [6.07, 6.45) is 2.45. The van der Waals surface area contributed by atoms with Gasteiger partial charge in [0.1, 0.15) is 0 Å². The van der Waals surface area contributed by atoms with Gasteiger partial charge in [0.05, 0.1) is 26.4 Å². The molecule has 6 nitrogen and oxygen atoms in total. The molecule has 1 rings (SSSR count). The van der Waals surface area contributed by atoms with E-state index >= 15 is 0 Å². The quantitative estimate of drug-likeness (QED) is 0.543. The Hall–Kier alpha value is -0.690. The van der Waals surface area contributed by atoms with Crippen LogP contribution in [0, 0.1) is 5.92 Å². The van der Waals surface area contributed by atoms with Crippen LogP contribution in [-0.4, -0.2) is 76.5 Å². The Balaban J connectivity index is 0. The zero-order valence-corrected chi connectivity index (χ0v) is 18.4. The highest BCUT2D eigenvalue weighted by Crippen LogP contribution is 2.08. The lowest BCUT2D eigenvalue weighted by atomic mass is 10.1. The van der Waals surface area contributed by atoms with Crippen LogP contribution in [0.5, 0.6) is 0 Å². The van der Waals surface area contributed by atoms with E-state index in [-0.39, 0.29) is 11.8 Å². The van der Waals surface area contributed by atoms with E-state index in [1.165, 1.54) is 12.8 Å². The molecule has 0 spiro atoms. The standard InChI is InChI=1S/C16H33N3O3.2C2H6/c1-14(2)16(20)18-6-10-21-12-13-22-11-9-19-7-4-15(17-3)5-8-19;2*1-2/h14-15,17H,4-13H2,1-3H3,(H,18,20);2*1-2H3. The van der Waals surface area contributed by atoms with Gasteiger partial charge in [-0.15, -0.1) is 0 Å². The molecule has 6 heteroatoms. The van der Waals surface area contributed by atoms with Gasteiger partial charge >= 0.3 is 0 Å². The predicted octanol–water partition coefficient (Wildman–Crippen LogP) is 2.53. The van der Waals surface area contributed by atoms with Crippen LogP contribution in [0.2, 0.25) is 0 Å². The van der Waals surface area contributed by atoms with E-state index < -0.39 is 0 Å². The number of nitrogens with zero attached hydrogens (tertiary/aromatic N) is 1. The molecule has 0 bridgehead atoms. The van der Waals surface area contributed by atoms with Gasteiger partial charge in [-0.1, -0.05) is 41.5 Å². The van der Waals surface area contributed by atoms with Crippen LogP contribution in [0.1, 0.15) is 54.4 Å². The first kappa shape index (κ1) is 27.5. The molecule has 1 saturated heterocycles. The zero-order valence-electron chi connectivity index (χ0n) is 18.4. The molecule has 0 unspecified atom stereocenters. The highest BCUT2D eigenvalue weighted by Gasteiger charge is 2.16. The maximum absolute atomic E-state index is 11.3. The van der Waals surface area contributed by atoms with Crippen molar-refractivity contribution in [1.29, 1.82) is 0 Å². The second kappa shape index (κ2) is 20.6. The molecule has 0 radical (unpaired) electrons. The van der Waals surface area contributed by atoms with Crippen LogP contribution in [0.15, 0.2) is 0 Å². The first-order valence-corrected chi connectivity index (χ1v) is 10.5. The molecule has 1 aliphatic rings. The number of ether oxygens (including phenoxy) is 2. The summed E-state index contributed by atoms with van der Waals surface area (Å²) in [4.78, 5) is 13.8. The van der Waals surface area contributed by atoms with Gasteiger partial charge < -0.3 is 25.0 Å². The van der Waals surface area contributed by atoms with Gasteiger partial charge in [-0.2, -0.15) is 0 Å². The number of nitrogens with one attached hydrogen (secondary N) is 2. The van der Waals surface area contributed by atoms with Gasteiger partial charge in [0.15, 0.2) is 0 Å². The SMILES string of the molecule is CC.CC.CNC1CCN(CCOCCOCCNC(=O)C(C)C)CC1. The summed E-state index contributed by atoms with van der Waals surface area (Å²) >= 11 is 0. The summed E-state index contributed by atoms with van der Waals surface area (Å²) < 4.78 is 11.0. The Morgan fingerprint density at radius 2 is 1.54 bits per heavy atom. The van der Waals surface area contributed by atoms with Crippen molar-refractivity contribution < 1.29 is 14.3 Å². The second-order valence-electron chi connectivity index (χ2n) is 6.08. The van der Waals surface area contributed by atoms with E-state index in [1.54, 1.807) is 0 Å². The molecule has 1 heterocycles. The molecule has 0 aromatic heterocycles. The lowest BCUT2D eigenvalue weighted by Gasteiger charge is -2.31. The number of carbonyl (C=O) groups excluding carboxylic acids is 1. The molecule has 0 saturated carbocycles. The van der Waals surface area contributed by atoms with E-state index in [4.69, 9.17) is 9.47 Å². The predicted molar refractivity (Wildman–Crippen MR) is 111 cm³/mol. The monoisotopic (exact) mass is 375 g/mol. The first-order chi connectivity index (χ1) is 12.6. The lowest BCUT2D eigenvalue weighted by Crippen LogP contribution is -2.42. The summed E-state index contributed by atoms with van der Waals surface area (Å²) in [5.41, 5.74) is 0. The fourth-order valence-corrected chi connectivity index (χ4v) is 2.41. The van der Waals surface area contributed by atoms with Crippen LogP contribution >= 0.6 is 0 Å². The van der Waals surface area contributed by atoms with Crippen molar-refractivity contribution in [3.8, 4) is 0 Å². The Morgan fingerprint density at radius 1 is 1.00 bits per heavy atom. The van der Waals surface area contributed by atoms with Crippen LogP contribution in [0.4, 0.5) is 0 Å². The van der Waals surface area contributed by atoms with Gasteiger partial charge in [-0.25, -0.2) is 0 Å². The third-order valence-corrected chi connectivity index (χ3v) is 3.99. The van der Waals surface area contributed by atoms with Gasteiger partial charge in [0, 0.05) is 25.0 Å². The number of likely N-dealkylation sites (tertiary alicyclic amines) is 1. The van der Waals surface area contributed by atoms with Crippen LogP contribution in [0.25, 0.3) is 0 Å². The van der Waals surface area contributed by atoms with Gasteiger partial charge in [0.25, 0.3) is 0 Å². The van der Waals surface area contributed by atoms with E-state index in [9.17, 15) is 4.79 Å². The molecule has 1 amide bonds. The number of hydrogen-bond acceptors (Lipinski definition) is 5. The van der Waals surface area contributed by atoms with E-state index in [2.05, 4.69) is 15.5 Å². The maximum atomic E-state index is 11.3. The molecule has 0 aliphatic carbocycles. The van der Waals surface area contributed by atoms with Gasteiger partial charge in [-0.05, 0) is 33.0 Å². The third-order valence-electron chi connectivity index (χ3n) is 3.99. The number of amides is 1. The zero-order chi connectivity index (χ0) is 20.2. The molecular weight excluding hydrogens is 330 g/mol. The van der Waals surface area contributed by atoms with Gasteiger partial charge in [-0.3, -0.25) is 4.79 Å². The van der Waals surface area contributed by atoms with Crippen LogP contribution in [0.3, 0.4) is 0 Å². The van der Waals surface area contributed by atoms with Crippen molar-refractivity contribution in [1.82, 2.24) is 15.5 Å². The van der Waals surface area contributed by atoms with Crippen molar-refractivity contribution in [2.24, 2.45) is 5.92 Å². The van der Waals surface area contributed by atoms with Crippen molar-refractivity contribution in [3.05, 3.63) is 0 Å². The molecule has 1 aliphatic heterocycles. The normalized spacial score (nSPS) is 14.9.